The molecule has 0 aliphatic heterocycles. The highest BCUT2D eigenvalue weighted by atomic mass is 35.5. The van der Waals surface area contributed by atoms with Crippen molar-refractivity contribution in [1.82, 2.24) is 0 Å². The monoisotopic (exact) mass is 294 g/mol. The van der Waals surface area contributed by atoms with Crippen molar-refractivity contribution in [2.24, 2.45) is 5.92 Å². The summed E-state index contributed by atoms with van der Waals surface area (Å²) in [5.41, 5.74) is 1.49. The van der Waals surface area contributed by atoms with Gasteiger partial charge in [0.25, 0.3) is 0 Å². The van der Waals surface area contributed by atoms with Crippen LogP contribution in [0.4, 0.5) is 0 Å². The molecule has 0 atom stereocenters. The molecule has 0 bridgehead atoms. The zero-order valence-corrected chi connectivity index (χ0v) is 13.4. The Labute approximate surface area is 128 Å². The van der Waals surface area contributed by atoms with Crippen molar-refractivity contribution >= 4 is 11.6 Å². The van der Waals surface area contributed by atoms with Crippen LogP contribution in [-0.4, -0.2) is 12.5 Å². The molecule has 2 heteroatoms. The maximum absolute atomic E-state index is 5.65. The first kappa shape index (κ1) is 15.7. The Balaban J connectivity index is 1.81. The molecule has 0 saturated heterocycles. The van der Waals surface area contributed by atoms with Gasteiger partial charge in [0, 0.05) is 5.88 Å². The number of rotatable bonds is 7. The summed E-state index contributed by atoms with van der Waals surface area (Å²) in [6.45, 7) is 3.01. The highest BCUT2D eigenvalue weighted by molar-refractivity contribution is 6.17. The standard InChI is InChI=1S/C18H27ClO/c1-2-4-15-5-7-16(8-6-15)17-9-11-18(12-10-17)20-14-3-13-19/h9-12,15-16H,2-8,13-14H2,1H3/t15-,16-. The first-order valence-corrected chi connectivity index (χ1v) is 8.65. The number of halogens is 1. The Bertz CT molecular complexity index is 366. The van der Waals surface area contributed by atoms with Crippen molar-refractivity contribution in [1.29, 1.82) is 0 Å². The molecule has 20 heavy (non-hydrogen) atoms. The summed E-state index contributed by atoms with van der Waals surface area (Å²) >= 11 is 5.65. The quantitative estimate of drug-likeness (QED) is 0.458. The van der Waals surface area contributed by atoms with Gasteiger partial charge in [-0.3, -0.25) is 0 Å². The second-order valence-corrected chi connectivity index (χ2v) is 6.34. The van der Waals surface area contributed by atoms with Crippen LogP contribution < -0.4 is 4.74 Å². The van der Waals surface area contributed by atoms with Crippen molar-refractivity contribution in [2.75, 3.05) is 12.5 Å². The van der Waals surface area contributed by atoms with Gasteiger partial charge in [-0.25, -0.2) is 0 Å². The zero-order valence-electron chi connectivity index (χ0n) is 12.6. The van der Waals surface area contributed by atoms with Crippen molar-refractivity contribution in [3.63, 3.8) is 0 Å². The Morgan fingerprint density at radius 3 is 2.40 bits per heavy atom. The molecule has 0 heterocycles. The van der Waals surface area contributed by atoms with E-state index < -0.39 is 0 Å². The van der Waals surface area contributed by atoms with E-state index in [2.05, 4.69) is 31.2 Å². The molecule has 1 saturated carbocycles. The number of hydrogen-bond donors (Lipinski definition) is 0. The fourth-order valence-corrected chi connectivity index (χ4v) is 3.38. The van der Waals surface area contributed by atoms with Gasteiger partial charge in [-0.2, -0.15) is 0 Å². The number of hydrogen-bond acceptors (Lipinski definition) is 1. The van der Waals surface area contributed by atoms with E-state index in [-0.39, 0.29) is 0 Å². The van der Waals surface area contributed by atoms with E-state index in [1.807, 2.05) is 0 Å². The van der Waals surface area contributed by atoms with Crippen LogP contribution >= 0.6 is 11.6 Å². The number of ether oxygens (including phenoxy) is 1. The van der Waals surface area contributed by atoms with Gasteiger partial charge >= 0.3 is 0 Å². The fraction of sp³-hybridized carbons (Fsp3) is 0.667. The molecule has 0 spiro atoms. The summed E-state index contributed by atoms with van der Waals surface area (Å²) < 4.78 is 5.65. The third-order valence-corrected chi connectivity index (χ3v) is 4.71. The van der Waals surface area contributed by atoms with Gasteiger partial charge in [-0.1, -0.05) is 31.9 Å². The van der Waals surface area contributed by atoms with Crippen LogP contribution in [0.1, 0.15) is 63.4 Å². The largest absolute Gasteiger partial charge is 0.494 e. The molecule has 0 N–H and O–H groups in total. The van der Waals surface area contributed by atoms with Gasteiger partial charge in [-0.15, -0.1) is 11.6 Å². The molecule has 1 aliphatic rings. The van der Waals surface area contributed by atoms with E-state index >= 15 is 0 Å². The van der Waals surface area contributed by atoms with E-state index in [1.165, 1.54) is 44.1 Å². The Morgan fingerprint density at radius 1 is 1.10 bits per heavy atom. The second-order valence-electron chi connectivity index (χ2n) is 5.97. The van der Waals surface area contributed by atoms with Crippen LogP contribution in [0, 0.1) is 5.92 Å². The molecular weight excluding hydrogens is 268 g/mol. The van der Waals surface area contributed by atoms with Crippen LogP contribution in [0.5, 0.6) is 5.75 Å². The third-order valence-electron chi connectivity index (χ3n) is 4.44. The van der Waals surface area contributed by atoms with Crippen LogP contribution in [0.25, 0.3) is 0 Å². The molecule has 0 unspecified atom stereocenters. The lowest BCUT2D eigenvalue weighted by atomic mass is 9.77. The molecule has 1 aliphatic carbocycles. The zero-order chi connectivity index (χ0) is 14.2. The van der Waals surface area contributed by atoms with Crippen LogP contribution in [0.15, 0.2) is 24.3 Å². The maximum Gasteiger partial charge on any atom is 0.119 e. The molecule has 1 aromatic rings. The third kappa shape index (κ3) is 4.70. The lowest BCUT2D eigenvalue weighted by Gasteiger charge is -2.28. The van der Waals surface area contributed by atoms with Crippen LogP contribution in [-0.2, 0) is 0 Å². The molecule has 0 amide bonds. The number of benzene rings is 1. The maximum atomic E-state index is 5.65. The lowest BCUT2D eigenvalue weighted by molar-refractivity contribution is 0.307. The fourth-order valence-electron chi connectivity index (χ4n) is 3.27. The molecule has 112 valence electrons. The highest BCUT2D eigenvalue weighted by Gasteiger charge is 2.21. The Morgan fingerprint density at radius 2 is 1.80 bits per heavy atom. The van der Waals surface area contributed by atoms with Gasteiger partial charge in [0.2, 0.25) is 0 Å². The van der Waals surface area contributed by atoms with E-state index in [0.29, 0.717) is 12.5 Å². The predicted molar refractivity (Wildman–Crippen MR) is 86.9 cm³/mol. The van der Waals surface area contributed by atoms with Gasteiger partial charge in [0.05, 0.1) is 6.61 Å². The number of alkyl halides is 1. The molecule has 1 fully saturated rings. The van der Waals surface area contributed by atoms with Crippen LogP contribution in [0.2, 0.25) is 0 Å². The lowest BCUT2D eigenvalue weighted by Crippen LogP contribution is -2.13. The summed E-state index contributed by atoms with van der Waals surface area (Å²) in [5, 5.41) is 0. The predicted octanol–water partition coefficient (Wildman–Crippen LogP) is 5.77. The molecular formula is C18H27ClO. The molecule has 1 aromatic carbocycles. The van der Waals surface area contributed by atoms with Crippen molar-refractivity contribution in [2.45, 2.75) is 57.8 Å². The minimum Gasteiger partial charge on any atom is -0.494 e. The van der Waals surface area contributed by atoms with E-state index in [0.717, 1.165) is 24.0 Å². The van der Waals surface area contributed by atoms with Gasteiger partial charge < -0.3 is 4.74 Å². The minimum absolute atomic E-state index is 0.666. The van der Waals surface area contributed by atoms with Crippen molar-refractivity contribution < 1.29 is 4.74 Å². The molecule has 0 radical (unpaired) electrons. The van der Waals surface area contributed by atoms with Crippen molar-refractivity contribution in [3.8, 4) is 5.75 Å². The normalized spacial score (nSPS) is 22.7. The first-order chi connectivity index (χ1) is 9.83. The summed E-state index contributed by atoms with van der Waals surface area (Å²) in [5.74, 6) is 3.38. The topological polar surface area (TPSA) is 9.23 Å². The smallest absolute Gasteiger partial charge is 0.119 e. The average Bonchev–Trinajstić information content (AvgIpc) is 2.49. The minimum atomic E-state index is 0.666. The highest BCUT2D eigenvalue weighted by Crippen LogP contribution is 2.37. The molecule has 0 aromatic heterocycles. The second kappa shape index (κ2) is 8.56. The SMILES string of the molecule is CCC[C@H]1CC[C@H](c2ccc(OCCCCl)cc2)CC1. The molecule has 1 nitrogen and oxygen atoms in total. The Kier molecular flexibility index (Phi) is 6.72. The average molecular weight is 295 g/mol. The summed E-state index contributed by atoms with van der Waals surface area (Å²) in [7, 11) is 0. The van der Waals surface area contributed by atoms with E-state index in [9.17, 15) is 0 Å². The van der Waals surface area contributed by atoms with Gasteiger partial charge in [0.1, 0.15) is 5.75 Å². The van der Waals surface area contributed by atoms with Crippen LogP contribution in [0.3, 0.4) is 0 Å². The first-order valence-electron chi connectivity index (χ1n) is 8.12. The summed E-state index contributed by atoms with van der Waals surface area (Å²) in [4.78, 5) is 0. The van der Waals surface area contributed by atoms with Crippen molar-refractivity contribution in [3.05, 3.63) is 29.8 Å². The molecule has 2 rings (SSSR count). The summed E-state index contributed by atoms with van der Waals surface area (Å²) in [6.07, 6.45) is 9.20. The van der Waals surface area contributed by atoms with E-state index in [1.54, 1.807) is 0 Å². The van der Waals surface area contributed by atoms with E-state index in [4.69, 9.17) is 16.3 Å². The summed E-state index contributed by atoms with van der Waals surface area (Å²) in [6, 6.07) is 8.73. The Hall–Kier alpha value is -0.690. The van der Waals surface area contributed by atoms with Gasteiger partial charge in [0.15, 0.2) is 0 Å². The van der Waals surface area contributed by atoms with Gasteiger partial charge in [-0.05, 0) is 61.6 Å².